The second-order valence-electron chi connectivity index (χ2n) is 5.97. The van der Waals surface area contributed by atoms with Crippen LogP contribution >= 0.6 is 0 Å². The molecule has 4 heteroatoms. The van der Waals surface area contributed by atoms with Gasteiger partial charge < -0.3 is 15.8 Å². The van der Waals surface area contributed by atoms with E-state index in [1.807, 2.05) is 20.8 Å². The molecular formula is C12H22N2O2. The van der Waals surface area contributed by atoms with Crippen molar-refractivity contribution in [2.45, 2.75) is 51.8 Å². The molecule has 1 heterocycles. The summed E-state index contributed by atoms with van der Waals surface area (Å²) < 4.78 is 5.68. The molecule has 1 aliphatic heterocycles. The predicted molar refractivity (Wildman–Crippen MR) is 61.8 cm³/mol. The van der Waals surface area contributed by atoms with Crippen LogP contribution < -0.4 is 11.1 Å². The van der Waals surface area contributed by atoms with Crippen LogP contribution in [-0.2, 0) is 9.53 Å². The molecular weight excluding hydrogens is 204 g/mol. The topological polar surface area (TPSA) is 64.4 Å². The summed E-state index contributed by atoms with van der Waals surface area (Å²) in [6.45, 7) is 6.53. The summed E-state index contributed by atoms with van der Waals surface area (Å²) in [5.74, 6) is 0.500. The summed E-state index contributed by atoms with van der Waals surface area (Å²) in [5.41, 5.74) is 5.71. The largest absolute Gasteiger partial charge is 0.376 e. The Hall–Kier alpha value is -0.610. The molecule has 92 valence electrons. The summed E-state index contributed by atoms with van der Waals surface area (Å²) in [6, 6.07) is 0.0774. The number of rotatable bonds is 1. The molecule has 0 aromatic carbocycles. The predicted octanol–water partition coefficient (Wildman–Crippen LogP) is 0.653. The zero-order valence-corrected chi connectivity index (χ0v) is 10.3. The second kappa shape index (κ2) is 4.00. The van der Waals surface area contributed by atoms with Gasteiger partial charge in [-0.25, -0.2) is 0 Å². The first-order chi connectivity index (χ1) is 7.41. The maximum Gasteiger partial charge on any atom is 0.225 e. The van der Waals surface area contributed by atoms with Crippen LogP contribution in [0.4, 0.5) is 0 Å². The molecule has 3 N–H and O–H groups in total. The van der Waals surface area contributed by atoms with Crippen LogP contribution in [0.5, 0.6) is 0 Å². The summed E-state index contributed by atoms with van der Waals surface area (Å²) in [5, 5.41) is 3.02. The van der Waals surface area contributed by atoms with Crippen molar-refractivity contribution < 1.29 is 9.53 Å². The van der Waals surface area contributed by atoms with Crippen LogP contribution in [0.25, 0.3) is 0 Å². The molecule has 1 saturated carbocycles. The first kappa shape index (κ1) is 11.9. The zero-order chi connectivity index (χ0) is 11.9. The van der Waals surface area contributed by atoms with E-state index in [0.29, 0.717) is 5.92 Å². The highest BCUT2D eigenvalue weighted by atomic mass is 16.5. The Morgan fingerprint density at radius 1 is 1.44 bits per heavy atom. The van der Waals surface area contributed by atoms with Crippen LogP contribution in [0.1, 0.15) is 33.6 Å². The minimum absolute atomic E-state index is 0.0111. The van der Waals surface area contributed by atoms with Gasteiger partial charge in [0.2, 0.25) is 5.91 Å². The third-order valence-corrected chi connectivity index (χ3v) is 3.66. The Balaban J connectivity index is 1.94. The fourth-order valence-corrected chi connectivity index (χ4v) is 2.49. The van der Waals surface area contributed by atoms with Gasteiger partial charge in [-0.1, -0.05) is 20.8 Å². The van der Waals surface area contributed by atoms with E-state index in [1.165, 1.54) is 0 Å². The van der Waals surface area contributed by atoms with Gasteiger partial charge in [-0.05, 0) is 12.8 Å². The summed E-state index contributed by atoms with van der Waals surface area (Å²) in [7, 11) is 0. The molecule has 2 aliphatic rings. The monoisotopic (exact) mass is 226 g/mol. The van der Waals surface area contributed by atoms with Crippen LogP contribution in [0.3, 0.4) is 0 Å². The third kappa shape index (κ3) is 1.96. The van der Waals surface area contributed by atoms with Gasteiger partial charge in [0.15, 0.2) is 0 Å². The van der Waals surface area contributed by atoms with Crippen molar-refractivity contribution >= 4 is 5.91 Å². The quantitative estimate of drug-likeness (QED) is 0.690. The molecule has 1 amide bonds. The Morgan fingerprint density at radius 2 is 2.12 bits per heavy atom. The molecule has 2 fully saturated rings. The van der Waals surface area contributed by atoms with E-state index in [2.05, 4.69) is 5.32 Å². The first-order valence-corrected chi connectivity index (χ1v) is 6.09. The minimum Gasteiger partial charge on any atom is -0.376 e. The van der Waals surface area contributed by atoms with Crippen molar-refractivity contribution in [1.29, 1.82) is 0 Å². The number of fused-ring (bicyclic) bond motifs is 1. The van der Waals surface area contributed by atoms with E-state index in [-0.39, 0.29) is 29.5 Å². The standard InChI is InChI=1S/C12H22N2O2/c1-12(2,3)11(15)14-9-8(13)7-5-4-6-16-10(7)9/h7-10H,4-6,13H2,1-3H3,(H,14,15). The van der Waals surface area contributed by atoms with E-state index >= 15 is 0 Å². The summed E-state index contributed by atoms with van der Waals surface area (Å²) >= 11 is 0. The lowest BCUT2D eigenvalue weighted by Gasteiger charge is -2.52. The molecule has 2 rings (SSSR count). The van der Waals surface area contributed by atoms with Gasteiger partial charge >= 0.3 is 0 Å². The van der Waals surface area contributed by atoms with Gasteiger partial charge in [-0.2, -0.15) is 0 Å². The van der Waals surface area contributed by atoms with Gasteiger partial charge in [0.05, 0.1) is 12.1 Å². The van der Waals surface area contributed by atoms with Crippen molar-refractivity contribution in [3.8, 4) is 0 Å². The Bertz CT molecular complexity index is 285. The molecule has 4 nitrogen and oxygen atoms in total. The maximum atomic E-state index is 11.9. The maximum absolute atomic E-state index is 11.9. The van der Waals surface area contributed by atoms with Crippen molar-refractivity contribution in [2.24, 2.45) is 17.1 Å². The highest BCUT2D eigenvalue weighted by molar-refractivity contribution is 5.81. The average Bonchev–Trinajstić information content (AvgIpc) is 2.23. The van der Waals surface area contributed by atoms with Gasteiger partial charge in [0, 0.05) is 24.0 Å². The number of carbonyl (C=O) groups is 1. The lowest BCUT2D eigenvalue weighted by molar-refractivity contribution is -0.144. The Kier molecular flexibility index (Phi) is 2.97. The SMILES string of the molecule is CC(C)(C)C(=O)NC1C(N)C2CCCOC21. The van der Waals surface area contributed by atoms with E-state index < -0.39 is 0 Å². The number of carbonyl (C=O) groups excluding carboxylic acids is 1. The van der Waals surface area contributed by atoms with Crippen molar-refractivity contribution in [1.82, 2.24) is 5.32 Å². The van der Waals surface area contributed by atoms with Crippen LogP contribution in [0, 0.1) is 11.3 Å². The molecule has 1 aliphatic carbocycles. The molecule has 0 spiro atoms. The highest BCUT2D eigenvalue weighted by Crippen LogP contribution is 2.37. The van der Waals surface area contributed by atoms with Crippen LogP contribution in [0.15, 0.2) is 0 Å². The van der Waals surface area contributed by atoms with Gasteiger partial charge in [-0.15, -0.1) is 0 Å². The minimum atomic E-state index is -0.362. The molecule has 1 saturated heterocycles. The Morgan fingerprint density at radius 3 is 2.75 bits per heavy atom. The van der Waals surface area contributed by atoms with Crippen LogP contribution in [-0.4, -0.2) is 30.7 Å². The number of hydrogen-bond acceptors (Lipinski definition) is 3. The molecule has 0 radical (unpaired) electrons. The smallest absolute Gasteiger partial charge is 0.225 e. The van der Waals surface area contributed by atoms with Crippen molar-refractivity contribution in [3.63, 3.8) is 0 Å². The van der Waals surface area contributed by atoms with Crippen LogP contribution in [0.2, 0.25) is 0 Å². The van der Waals surface area contributed by atoms with E-state index in [9.17, 15) is 4.79 Å². The molecule has 0 aromatic rings. The number of nitrogens with one attached hydrogen (secondary N) is 1. The van der Waals surface area contributed by atoms with E-state index in [4.69, 9.17) is 10.5 Å². The van der Waals surface area contributed by atoms with Crippen molar-refractivity contribution in [3.05, 3.63) is 0 Å². The third-order valence-electron chi connectivity index (χ3n) is 3.66. The molecule has 16 heavy (non-hydrogen) atoms. The molecule has 0 aromatic heterocycles. The molecule has 4 unspecified atom stereocenters. The molecule has 0 bridgehead atoms. The fourth-order valence-electron chi connectivity index (χ4n) is 2.49. The van der Waals surface area contributed by atoms with Gasteiger partial charge in [0.25, 0.3) is 0 Å². The number of nitrogens with two attached hydrogens (primary N) is 1. The lowest BCUT2D eigenvalue weighted by atomic mass is 9.68. The van der Waals surface area contributed by atoms with Gasteiger partial charge in [0.1, 0.15) is 0 Å². The van der Waals surface area contributed by atoms with Crippen molar-refractivity contribution in [2.75, 3.05) is 6.61 Å². The Labute approximate surface area is 96.9 Å². The van der Waals surface area contributed by atoms with Gasteiger partial charge in [-0.3, -0.25) is 4.79 Å². The van der Waals surface area contributed by atoms with E-state index in [0.717, 1.165) is 19.4 Å². The average molecular weight is 226 g/mol. The molecule has 4 atom stereocenters. The van der Waals surface area contributed by atoms with E-state index in [1.54, 1.807) is 0 Å². The number of amides is 1. The highest BCUT2D eigenvalue weighted by Gasteiger charge is 2.51. The second-order valence-corrected chi connectivity index (χ2v) is 5.97. The fraction of sp³-hybridized carbons (Fsp3) is 0.917. The normalized spacial score (nSPS) is 38.5. The zero-order valence-electron chi connectivity index (χ0n) is 10.3. The number of hydrogen-bond donors (Lipinski definition) is 2. The summed E-state index contributed by atoms with van der Waals surface area (Å²) in [4.78, 5) is 11.9. The summed E-state index contributed by atoms with van der Waals surface area (Å²) in [6.07, 6.45) is 2.37. The lowest BCUT2D eigenvalue weighted by Crippen LogP contribution is -2.72. The first-order valence-electron chi connectivity index (χ1n) is 6.09. The number of ether oxygens (including phenoxy) is 1.